The molecule has 1 aromatic carbocycles. The molecule has 2 rings (SSSR count). The number of aromatic nitrogens is 2. The number of hydrogen-bond donors (Lipinski definition) is 3. The van der Waals surface area contributed by atoms with Crippen LogP contribution in [0.1, 0.15) is 16.8 Å². The predicted octanol–water partition coefficient (Wildman–Crippen LogP) is 2.57. The summed E-state index contributed by atoms with van der Waals surface area (Å²) in [5.74, 6) is 6.04. The number of hydrazine groups is 1. The van der Waals surface area contributed by atoms with E-state index in [-0.39, 0.29) is 5.82 Å². The molecule has 19 heavy (non-hydrogen) atoms. The Kier molecular flexibility index (Phi) is 3.62. The molecule has 0 radical (unpaired) electrons. The molecule has 0 fully saturated rings. The molecular formula is C13H16FN5. The fourth-order valence-electron chi connectivity index (χ4n) is 1.62. The first-order valence-electron chi connectivity index (χ1n) is 5.86. The van der Waals surface area contributed by atoms with Gasteiger partial charge in [-0.05, 0) is 38.5 Å². The second kappa shape index (κ2) is 5.19. The van der Waals surface area contributed by atoms with Gasteiger partial charge in [0, 0.05) is 16.9 Å². The van der Waals surface area contributed by atoms with E-state index in [4.69, 9.17) is 5.84 Å². The number of hydrogen-bond acceptors (Lipinski definition) is 5. The molecule has 0 spiro atoms. The molecule has 0 unspecified atom stereocenters. The molecule has 2 aromatic rings. The standard InChI is InChI=1S/C13H16FN5/c1-7-4-5-10(6-11(7)14)17-13-16-9(3)8(2)12(18-13)19-15/h4-6H,15H2,1-3H3,(H2,16,17,18,19). The van der Waals surface area contributed by atoms with E-state index >= 15 is 0 Å². The van der Waals surface area contributed by atoms with Crippen molar-refractivity contribution >= 4 is 17.5 Å². The molecule has 0 bridgehead atoms. The van der Waals surface area contributed by atoms with E-state index in [1.807, 2.05) is 13.8 Å². The monoisotopic (exact) mass is 261 g/mol. The largest absolute Gasteiger partial charge is 0.324 e. The van der Waals surface area contributed by atoms with Crippen LogP contribution in [0.15, 0.2) is 18.2 Å². The minimum Gasteiger partial charge on any atom is -0.324 e. The van der Waals surface area contributed by atoms with Gasteiger partial charge in [0.25, 0.3) is 0 Å². The number of anilines is 3. The zero-order valence-corrected chi connectivity index (χ0v) is 11.1. The minimum atomic E-state index is -0.272. The van der Waals surface area contributed by atoms with Gasteiger partial charge >= 0.3 is 0 Å². The van der Waals surface area contributed by atoms with Crippen LogP contribution in [0, 0.1) is 26.6 Å². The molecule has 0 saturated carbocycles. The Morgan fingerprint density at radius 2 is 1.89 bits per heavy atom. The predicted molar refractivity (Wildman–Crippen MR) is 73.7 cm³/mol. The molecule has 0 saturated heterocycles. The Labute approximate surface area is 111 Å². The summed E-state index contributed by atoms with van der Waals surface area (Å²) in [6.45, 7) is 5.45. The third kappa shape index (κ3) is 2.79. The minimum absolute atomic E-state index is 0.272. The number of benzene rings is 1. The second-order valence-electron chi connectivity index (χ2n) is 4.34. The fraction of sp³-hybridized carbons (Fsp3) is 0.231. The van der Waals surface area contributed by atoms with Crippen LogP contribution in [0.5, 0.6) is 0 Å². The van der Waals surface area contributed by atoms with E-state index in [0.29, 0.717) is 23.0 Å². The Bertz CT molecular complexity index is 612. The summed E-state index contributed by atoms with van der Waals surface area (Å²) in [5.41, 5.74) is 5.38. The Morgan fingerprint density at radius 3 is 2.53 bits per heavy atom. The van der Waals surface area contributed by atoms with Gasteiger partial charge < -0.3 is 10.7 Å². The lowest BCUT2D eigenvalue weighted by atomic mass is 10.2. The van der Waals surface area contributed by atoms with Crippen LogP contribution >= 0.6 is 0 Å². The van der Waals surface area contributed by atoms with Gasteiger partial charge in [0.2, 0.25) is 5.95 Å². The lowest BCUT2D eigenvalue weighted by Crippen LogP contribution is -2.13. The maximum absolute atomic E-state index is 13.5. The molecule has 0 aliphatic heterocycles. The van der Waals surface area contributed by atoms with Crippen molar-refractivity contribution in [2.45, 2.75) is 20.8 Å². The first-order valence-corrected chi connectivity index (χ1v) is 5.86. The van der Waals surface area contributed by atoms with Crippen molar-refractivity contribution < 1.29 is 4.39 Å². The van der Waals surface area contributed by atoms with E-state index < -0.39 is 0 Å². The molecule has 0 atom stereocenters. The van der Waals surface area contributed by atoms with E-state index in [1.54, 1.807) is 19.1 Å². The van der Waals surface area contributed by atoms with E-state index in [0.717, 1.165) is 11.3 Å². The number of nitrogen functional groups attached to an aromatic ring is 1. The number of nitrogens with one attached hydrogen (secondary N) is 2. The van der Waals surface area contributed by atoms with Crippen LogP contribution in [0.25, 0.3) is 0 Å². The van der Waals surface area contributed by atoms with Gasteiger partial charge in [-0.3, -0.25) is 0 Å². The average Bonchev–Trinajstić information content (AvgIpc) is 2.38. The molecule has 1 aromatic heterocycles. The van der Waals surface area contributed by atoms with Crippen LogP contribution in [-0.4, -0.2) is 9.97 Å². The quantitative estimate of drug-likeness (QED) is 0.585. The molecule has 1 heterocycles. The maximum atomic E-state index is 13.5. The first kappa shape index (κ1) is 13.2. The highest BCUT2D eigenvalue weighted by molar-refractivity contribution is 5.57. The third-order valence-corrected chi connectivity index (χ3v) is 2.95. The number of nitrogens with zero attached hydrogens (tertiary/aromatic N) is 2. The average molecular weight is 261 g/mol. The van der Waals surface area contributed by atoms with Crippen molar-refractivity contribution in [2.75, 3.05) is 10.7 Å². The lowest BCUT2D eigenvalue weighted by molar-refractivity contribution is 0.619. The van der Waals surface area contributed by atoms with Crippen LogP contribution < -0.4 is 16.6 Å². The fourth-order valence-corrected chi connectivity index (χ4v) is 1.62. The van der Waals surface area contributed by atoms with Crippen LogP contribution in [0.3, 0.4) is 0 Å². The summed E-state index contributed by atoms with van der Waals surface area (Å²) in [6.07, 6.45) is 0. The maximum Gasteiger partial charge on any atom is 0.229 e. The summed E-state index contributed by atoms with van der Waals surface area (Å²) in [5, 5.41) is 2.96. The zero-order valence-electron chi connectivity index (χ0n) is 11.1. The molecule has 6 heteroatoms. The Morgan fingerprint density at radius 1 is 1.16 bits per heavy atom. The SMILES string of the molecule is Cc1ccc(Nc2nc(C)c(C)c(NN)n2)cc1F. The normalized spacial score (nSPS) is 10.4. The number of rotatable bonds is 3. The van der Waals surface area contributed by atoms with Crippen molar-refractivity contribution in [1.29, 1.82) is 0 Å². The van der Waals surface area contributed by atoms with E-state index in [1.165, 1.54) is 6.07 Å². The van der Waals surface area contributed by atoms with Gasteiger partial charge in [0.1, 0.15) is 11.6 Å². The highest BCUT2D eigenvalue weighted by Crippen LogP contribution is 2.20. The van der Waals surface area contributed by atoms with Gasteiger partial charge in [0.15, 0.2) is 0 Å². The molecule has 5 nitrogen and oxygen atoms in total. The van der Waals surface area contributed by atoms with Crippen LogP contribution in [0.2, 0.25) is 0 Å². The van der Waals surface area contributed by atoms with Crippen molar-refractivity contribution in [2.24, 2.45) is 5.84 Å². The Hall–Kier alpha value is -2.21. The van der Waals surface area contributed by atoms with Crippen molar-refractivity contribution in [3.63, 3.8) is 0 Å². The van der Waals surface area contributed by atoms with Crippen molar-refractivity contribution in [3.05, 3.63) is 40.8 Å². The first-order chi connectivity index (χ1) is 9.01. The Balaban J connectivity index is 2.32. The second-order valence-corrected chi connectivity index (χ2v) is 4.34. The topological polar surface area (TPSA) is 75.9 Å². The highest BCUT2D eigenvalue weighted by atomic mass is 19.1. The van der Waals surface area contributed by atoms with E-state index in [9.17, 15) is 4.39 Å². The zero-order chi connectivity index (χ0) is 14.0. The number of halogens is 1. The molecule has 100 valence electrons. The van der Waals surface area contributed by atoms with Gasteiger partial charge in [-0.15, -0.1) is 0 Å². The molecule has 0 amide bonds. The molecule has 0 aliphatic carbocycles. The van der Waals surface area contributed by atoms with Gasteiger partial charge in [-0.25, -0.2) is 15.2 Å². The highest BCUT2D eigenvalue weighted by Gasteiger charge is 2.08. The van der Waals surface area contributed by atoms with Gasteiger partial charge in [-0.2, -0.15) is 4.98 Å². The third-order valence-electron chi connectivity index (χ3n) is 2.95. The smallest absolute Gasteiger partial charge is 0.229 e. The number of nitrogens with two attached hydrogens (primary N) is 1. The molecule has 4 N–H and O–H groups in total. The summed E-state index contributed by atoms with van der Waals surface area (Å²) >= 11 is 0. The molecular weight excluding hydrogens is 245 g/mol. The summed E-state index contributed by atoms with van der Waals surface area (Å²) in [4.78, 5) is 8.51. The molecule has 0 aliphatic rings. The van der Waals surface area contributed by atoms with E-state index in [2.05, 4.69) is 20.7 Å². The number of aryl methyl sites for hydroxylation is 2. The summed E-state index contributed by atoms with van der Waals surface area (Å²) < 4.78 is 13.5. The van der Waals surface area contributed by atoms with Crippen LogP contribution in [0.4, 0.5) is 21.8 Å². The van der Waals surface area contributed by atoms with Gasteiger partial charge in [-0.1, -0.05) is 6.07 Å². The van der Waals surface area contributed by atoms with Crippen molar-refractivity contribution in [3.8, 4) is 0 Å². The van der Waals surface area contributed by atoms with Crippen molar-refractivity contribution in [1.82, 2.24) is 9.97 Å². The summed E-state index contributed by atoms with van der Waals surface area (Å²) in [7, 11) is 0. The lowest BCUT2D eigenvalue weighted by Gasteiger charge is -2.11. The van der Waals surface area contributed by atoms with Crippen LogP contribution in [-0.2, 0) is 0 Å². The van der Waals surface area contributed by atoms with Gasteiger partial charge in [0.05, 0.1) is 0 Å². The summed E-state index contributed by atoms with van der Waals surface area (Å²) in [6, 6.07) is 4.87.